The number of hydrogen-bond acceptors (Lipinski definition) is 6. The average Bonchev–Trinajstić information content (AvgIpc) is 3.01. The van der Waals surface area contributed by atoms with Crippen LogP contribution in [0.2, 0.25) is 10.0 Å². The van der Waals surface area contributed by atoms with E-state index in [4.69, 9.17) is 23.2 Å². The number of nitrogens with zero attached hydrogens (tertiary/aromatic N) is 4. The lowest BCUT2D eigenvalue weighted by molar-refractivity contribution is 0.131. The molecule has 3 aliphatic rings. The second kappa shape index (κ2) is 12.7. The molecule has 1 fully saturated rings. The van der Waals surface area contributed by atoms with Crippen molar-refractivity contribution in [1.82, 2.24) is 9.80 Å². The van der Waals surface area contributed by atoms with Crippen molar-refractivity contribution < 1.29 is 0 Å². The van der Waals surface area contributed by atoms with Gasteiger partial charge in [0.15, 0.2) is 0 Å². The van der Waals surface area contributed by atoms with Crippen molar-refractivity contribution >= 4 is 69.5 Å². The largest absolute Gasteiger partial charge is 0.340 e. The van der Waals surface area contributed by atoms with Crippen molar-refractivity contribution in [2.75, 3.05) is 62.2 Å². The van der Waals surface area contributed by atoms with E-state index in [1.165, 1.54) is 42.3 Å². The van der Waals surface area contributed by atoms with Crippen molar-refractivity contribution in [3.8, 4) is 0 Å². The molecule has 0 aliphatic carbocycles. The molecule has 4 aromatic carbocycles. The number of halogens is 2. The molecule has 8 heteroatoms. The number of fused-ring (bicyclic) bond motifs is 4. The number of anilines is 4. The first kappa shape index (κ1) is 28.5. The first-order valence-electron chi connectivity index (χ1n) is 14.7. The fraction of sp³-hybridized carbons (Fsp3) is 0.294. The molecule has 0 aromatic heterocycles. The summed E-state index contributed by atoms with van der Waals surface area (Å²) in [5.74, 6) is 0. The fourth-order valence-corrected chi connectivity index (χ4v) is 8.71. The number of piperazine rings is 1. The van der Waals surface area contributed by atoms with Crippen molar-refractivity contribution in [1.29, 1.82) is 0 Å². The molecule has 1 saturated heterocycles. The predicted octanol–water partition coefficient (Wildman–Crippen LogP) is 9.30. The highest BCUT2D eigenvalue weighted by molar-refractivity contribution is 8.00. The second-order valence-corrected chi connectivity index (χ2v) is 14.1. The molecule has 216 valence electrons. The summed E-state index contributed by atoms with van der Waals surface area (Å²) in [6.45, 7) is 8.77. The zero-order chi connectivity index (χ0) is 28.5. The highest BCUT2D eigenvalue weighted by Gasteiger charge is 2.25. The van der Waals surface area contributed by atoms with Gasteiger partial charge in [0, 0.05) is 68.9 Å². The fourth-order valence-electron chi connectivity index (χ4n) is 6.23. The van der Waals surface area contributed by atoms with Gasteiger partial charge < -0.3 is 19.6 Å². The topological polar surface area (TPSA) is 13.0 Å². The smallest absolute Gasteiger partial charge is 0.0567 e. The standard InChI is InChI=1S/C34H34Cl2N4S2/c35-25-11-13-33-29(23-25)39(27-7-1-3-9-31(27)41-33)17-5-15-37-19-21-38(22-20-37)16-6-18-40-28-8-2-4-10-32(28)42-34-14-12-26(36)24-30(34)40/h1-4,7-14,23-24H,5-6,15-22H2. The lowest BCUT2D eigenvalue weighted by atomic mass is 10.2. The van der Waals surface area contributed by atoms with E-state index in [9.17, 15) is 0 Å². The normalized spacial score (nSPS) is 16.5. The van der Waals surface area contributed by atoms with E-state index >= 15 is 0 Å². The Labute approximate surface area is 267 Å². The second-order valence-electron chi connectivity index (χ2n) is 11.1. The molecular formula is C34H34Cl2N4S2. The van der Waals surface area contributed by atoms with Gasteiger partial charge in [-0.1, -0.05) is 71.0 Å². The molecule has 7 rings (SSSR count). The highest BCUT2D eigenvalue weighted by Crippen LogP contribution is 2.50. The summed E-state index contributed by atoms with van der Waals surface area (Å²) in [5.41, 5.74) is 5.05. The molecule has 4 aromatic rings. The van der Waals surface area contributed by atoms with Crippen LogP contribution in [0, 0.1) is 0 Å². The van der Waals surface area contributed by atoms with Crippen LogP contribution >= 0.6 is 46.7 Å². The Balaban J connectivity index is 0.910. The highest BCUT2D eigenvalue weighted by atomic mass is 35.5. The molecule has 3 heterocycles. The van der Waals surface area contributed by atoms with Gasteiger partial charge in [-0.05, 0) is 86.6 Å². The summed E-state index contributed by atoms with van der Waals surface area (Å²) >= 11 is 16.5. The lowest BCUT2D eigenvalue weighted by Crippen LogP contribution is -2.47. The van der Waals surface area contributed by atoms with Gasteiger partial charge in [0.25, 0.3) is 0 Å². The van der Waals surface area contributed by atoms with Crippen LogP contribution in [0.4, 0.5) is 22.7 Å². The van der Waals surface area contributed by atoms with Gasteiger partial charge in [-0.15, -0.1) is 0 Å². The number of benzene rings is 4. The van der Waals surface area contributed by atoms with Crippen LogP contribution in [-0.2, 0) is 0 Å². The van der Waals surface area contributed by atoms with E-state index in [1.807, 2.05) is 35.7 Å². The van der Waals surface area contributed by atoms with Crippen LogP contribution in [0.15, 0.2) is 105 Å². The summed E-state index contributed by atoms with van der Waals surface area (Å²) < 4.78 is 0. The molecule has 0 amide bonds. The summed E-state index contributed by atoms with van der Waals surface area (Å²) in [6, 6.07) is 30.0. The molecular weight excluding hydrogens is 599 g/mol. The Morgan fingerprint density at radius 2 is 0.881 bits per heavy atom. The first-order valence-corrected chi connectivity index (χ1v) is 17.1. The maximum Gasteiger partial charge on any atom is 0.0567 e. The Kier molecular flexibility index (Phi) is 8.62. The van der Waals surface area contributed by atoms with E-state index in [0.29, 0.717) is 0 Å². The van der Waals surface area contributed by atoms with Crippen LogP contribution in [0.25, 0.3) is 0 Å². The molecule has 0 saturated carbocycles. The van der Waals surface area contributed by atoms with E-state index in [-0.39, 0.29) is 0 Å². The molecule has 0 spiro atoms. The third-order valence-corrected chi connectivity index (χ3v) is 11.1. The minimum atomic E-state index is 0.797. The number of rotatable bonds is 8. The van der Waals surface area contributed by atoms with Crippen molar-refractivity contribution in [3.63, 3.8) is 0 Å². The molecule has 3 aliphatic heterocycles. The average molecular weight is 634 g/mol. The first-order chi connectivity index (χ1) is 20.6. The van der Waals surface area contributed by atoms with E-state index in [0.717, 1.165) is 75.2 Å². The van der Waals surface area contributed by atoms with Gasteiger partial charge in [-0.25, -0.2) is 0 Å². The minimum absolute atomic E-state index is 0.797. The monoisotopic (exact) mass is 632 g/mol. The van der Waals surface area contributed by atoms with E-state index < -0.39 is 0 Å². The maximum absolute atomic E-state index is 6.41. The van der Waals surface area contributed by atoms with Gasteiger partial charge in [0.2, 0.25) is 0 Å². The molecule has 0 unspecified atom stereocenters. The van der Waals surface area contributed by atoms with Crippen molar-refractivity contribution in [3.05, 3.63) is 95.0 Å². The van der Waals surface area contributed by atoms with E-state index in [2.05, 4.69) is 92.4 Å². The minimum Gasteiger partial charge on any atom is -0.340 e. The zero-order valence-corrected chi connectivity index (χ0v) is 26.7. The summed E-state index contributed by atoms with van der Waals surface area (Å²) in [5, 5.41) is 1.59. The molecule has 0 atom stereocenters. The third kappa shape index (κ3) is 6.03. The predicted molar refractivity (Wildman–Crippen MR) is 180 cm³/mol. The van der Waals surface area contributed by atoms with Crippen LogP contribution in [0.5, 0.6) is 0 Å². The van der Waals surface area contributed by atoms with Crippen molar-refractivity contribution in [2.45, 2.75) is 32.4 Å². The van der Waals surface area contributed by atoms with Crippen molar-refractivity contribution in [2.24, 2.45) is 0 Å². The van der Waals surface area contributed by atoms with Crippen LogP contribution < -0.4 is 9.80 Å². The zero-order valence-electron chi connectivity index (χ0n) is 23.5. The quantitative estimate of drug-likeness (QED) is 0.191. The van der Waals surface area contributed by atoms with Gasteiger partial charge in [0.1, 0.15) is 0 Å². The van der Waals surface area contributed by atoms with Gasteiger partial charge in [0.05, 0.1) is 22.7 Å². The van der Waals surface area contributed by atoms with Gasteiger partial charge >= 0.3 is 0 Å². The summed E-state index contributed by atoms with van der Waals surface area (Å²) in [6.07, 6.45) is 2.25. The Morgan fingerprint density at radius 1 is 0.476 bits per heavy atom. The summed E-state index contributed by atoms with van der Waals surface area (Å²) in [4.78, 5) is 15.4. The Morgan fingerprint density at radius 3 is 1.33 bits per heavy atom. The van der Waals surface area contributed by atoms with Gasteiger partial charge in [-0.3, -0.25) is 0 Å². The van der Waals surface area contributed by atoms with E-state index in [1.54, 1.807) is 0 Å². The summed E-state index contributed by atoms with van der Waals surface area (Å²) in [7, 11) is 0. The SMILES string of the molecule is Clc1ccc2c(c1)N(CCCN1CCN(CCCN3c4ccccc4Sc4ccc(Cl)cc43)CC1)c1ccccc1S2. The molecule has 42 heavy (non-hydrogen) atoms. The van der Waals surface area contributed by atoms with Crippen LogP contribution in [-0.4, -0.2) is 62.2 Å². The lowest BCUT2D eigenvalue weighted by Gasteiger charge is -2.37. The van der Waals surface area contributed by atoms with Crippen LogP contribution in [0.1, 0.15) is 12.8 Å². The number of hydrogen-bond donors (Lipinski definition) is 0. The third-order valence-electron chi connectivity index (χ3n) is 8.35. The number of para-hydroxylation sites is 2. The maximum atomic E-state index is 6.41. The Bertz CT molecular complexity index is 1460. The molecule has 0 N–H and O–H groups in total. The molecule has 4 nitrogen and oxygen atoms in total. The van der Waals surface area contributed by atoms with Crippen LogP contribution in [0.3, 0.4) is 0 Å². The Hall–Kier alpha value is -2.32. The van der Waals surface area contributed by atoms with Gasteiger partial charge in [-0.2, -0.15) is 0 Å². The molecule has 0 radical (unpaired) electrons. The molecule has 0 bridgehead atoms.